The number of benzene rings is 1. The molecular weight excluding hydrogens is 416 g/mol. The van der Waals surface area contributed by atoms with Crippen molar-refractivity contribution in [2.75, 3.05) is 6.54 Å². The number of nitrogens with zero attached hydrogens (tertiary/aromatic N) is 6. The average molecular weight is 439 g/mol. The maximum absolute atomic E-state index is 13.3. The molecule has 1 amide bonds. The van der Waals surface area contributed by atoms with Crippen LogP contribution in [0, 0.1) is 0 Å². The minimum atomic E-state index is -0.543. The van der Waals surface area contributed by atoms with Crippen molar-refractivity contribution in [3.63, 3.8) is 0 Å². The predicted octanol–water partition coefficient (Wildman–Crippen LogP) is 1.80. The molecule has 4 heterocycles. The second-order valence-electron chi connectivity index (χ2n) is 7.88. The molecular formula is C21H22N6O3S. The molecule has 0 bridgehead atoms. The summed E-state index contributed by atoms with van der Waals surface area (Å²) in [5, 5.41) is 0.900. The molecule has 1 saturated heterocycles. The standard InChI is InChI=1S/C21H22N6O3S/c1-24-12-22-18-17(24)20(29)27(21(30)25(18)2)11-16(28)26-10-6-5-8-14(26)19-23-13-7-3-4-9-15(13)31-19/h3-4,7,9,12,14H,5-6,8,10-11H2,1-2H3/t14-/m0/s1. The number of aryl methyl sites for hydroxylation is 2. The molecule has 1 fully saturated rings. The monoisotopic (exact) mass is 438 g/mol. The number of aromatic nitrogens is 5. The molecule has 9 nitrogen and oxygen atoms in total. The Bertz CT molecular complexity index is 1400. The summed E-state index contributed by atoms with van der Waals surface area (Å²) < 4.78 is 4.98. The van der Waals surface area contributed by atoms with Gasteiger partial charge in [0, 0.05) is 20.6 Å². The van der Waals surface area contributed by atoms with Crippen molar-refractivity contribution in [1.29, 1.82) is 0 Å². The quantitative estimate of drug-likeness (QED) is 0.486. The predicted molar refractivity (Wildman–Crippen MR) is 118 cm³/mol. The Morgan fingerprint density at radius 1 is 1.19 bits per heavy atom. The molecule has 10 heteroatoms. The van der Waals surface area contributed by atoms with Gasteiger partial charge in [-0.2, -0.15) is 0 Å². The molecule has 4 aromatic rings. The summed E-state index contributed by atoms with van der Waals surface area (Å²) in [4.78, 5) is 49.7. The van der Waals surface area contributed by atoms with Gasteiger partial charge in [0.2, 0.25) is 5.91 Å². The van der Waals surface area contributed by atoms with Crippen LogP contribution in [-0.2, 0) is 25.4 Å². The fraction of sp³-hybridized carbons (Fsp3) is 0.381. The number of thiazole rings is 1. The third-order valence-electron chi connectivity index (χ3n) is 5.91. The first-order valence-electron chi connectivity index (χ1n) is 10.2. The normalized spacial score (nSPS) is 17.0. The van der Waals surface area contributed by atoms with Gasteiger partial charge in [0.1, 0.15) is 11.6 Å². The molecule has 0 spiro atoms. The fourth-order valence-corrected chi connectivity index (χ4v) is 5.40. The molecule has 1 aliphatic rings. The zero-order valence-electron chi connectivity index (χ0n) is 17.3. The van der Waals surface area contributed by atoms with Crippen LogP contribution in [0.5, 0.6) is 0 Å². The minimum absolute atomic E-state index is 0.140. The highest BCUT2D eigenvalue weighted by molar-refractivity contribution is 7.18. The SMILES string of the molecule is Cn1cnc2c1c(=O)n(CC(=O)N1CCCC[C@H]1c1nc3ccccc3s1)c(=O)n2C. The van der Waals surface area contributed by atoms with Crippen LogP contribution >= 0.6 is 11.3 Å². The second-order valence-corrected chi connectivity index (χ2v) is 8.94. The zero-order valence-corrected chi connectivity index (χ0v) is 18.1. The molecule has 0 unspecified atom stereocenters. The number of hydrogen-bond donors (Lipinski definition) is 0. The molecule has 1 atom stereocenters. The molecule has 160 valence electrons. The zero-order chi connectivity index (χ0) is 21.7. The van der Waals surface area contributed by atoms with Gasteiger partial charge < -0.3 is 9.47 Å². The third-order valence-corrected chi connectivity index (χ3v) is 7.05. The van der Waals surface area contributed by atoms with Crippen LogP contribution in [0.1, 0.15) is 30.3 Å². The number of para-hydroxylation sites is 1. The van der Waals surface area contributed by atoms with Gasteiger partial charge in [0.05, 0.1) is 22.6 Å². The van der Waals surface area contributed by atoms with E-state index in [1.54, 1.807) is 34.9 Å². The number of piperidine rings is 1. The van der Waals surface area contributed by atoms with Crippen molar-refractivity contribution < 1.29 is 4.79 Å². The van der Waals surface area contributed by atoms with E-state index in [2.05, 4.69) is 4.98 Å². The third kappa shape index (κ3) is 3.18. The van der Waals surface area contributed by atoms with Gasteiger partial charge in [-0.05, 0) is 31.4 Å². The molecule has 5 rings (SSSR count). The van der Waals surface area contributed by atoms with Gasteiger partial charge in [0.15, 0.2) is 11.2 Å². The highest BCUT2D eigenvalue weighted by Crippen LogP contribution is 2.35. The number of hydrogen-bond acceptors (Lipinski definition) is 6. The smallest absolute Gasteiger partial charge is 0.332 e. The van der Waals surface area contributed by atoms with E-state index in [1.807, 2.05) is 24.3 Å². The van der Waals surface area contributed by atoms with Crippen molar-refractivity contribution in [3.8, 4) is 0 Å². The van der Waals surface area contributed by atoms with Crippen LogP contribution in [0.3, 0.4) is 0 Å². The Morgan fingerprint density at radius 2 is 2.00 bits per heavy atom. The molecule has 0 aliphatic carbocycles. The Labute approximate surface area is 181 Å². The molecule has 31 heavy (non-hydrogen) atoms. The van der Waals surface area contributed by atoms with E-state index in [0.717, 1.165) is 39.1 Å². The Morgan fingerprint density at radius 3 is 2.81 bits per heavy atom. The van der Waals surface area contributed by atoms with Crippen LogP contribution < -0.4 is 11.2 Å². The van der Waals surface area contributed by atoms with Gasteiger partial charge in [0.25, 0.3) is 5.56 Å². The molecule has 3 aromatic heterocycles. The molecule has 0 N–H and O–H groups in total. The number of fused-ring (bicyclic) bond motifs is 2. The van der Waals surface area contributed by atoms with E-state index in [9.17, 15) is 14.4 Å². The average Bonchev–Trinajstić information content (AvgIpc) is 3.39. The molecule has 0 saturated carbocycles. The van der Waals surface area contributed by atoms with Crippen molar-refractivity contribution in [2.24, 2.45) is 14.1 Å². The summed E-state index contributed by atoms with van der Waals surface area (Å²) >= 11 is 1.59. The van der Waals surface area contributed by atoms with E-state index < -0.39 is 11.2 Å². The maximum Gasteiger partial charge on any atom is 0.332 e. The number of carbonyl (C=O) groups is 1. The number of likely N-dealkylation sites (tertiary alicyclic amines) is 1. The van der Waals surface area contributed by atoms with Crippen LogP contribution in [0.4, 0.5) is 0 Å². The van der Waals surface area contributed by atoms with Crippen LogP contribution in [0.25, 0.3) is 21.4 Å². The van der Waals surface area contributed by atoms with Crippen molar-refractivity contribution in [2.45, 2.75) is 31.8 Å². The summed E-state index contributed by atoms with van der Waals surface area (Å²) in [6.07, 6.45) is 4.21. The Hall–Kier alpha value is -3.27. The highest BCUT2D eigenvalue weighted by atomic mass is 32.1. The van der Waals surface area contributed by atoms with Crippen LogP contribution in [0.15, 0.2) is 40.2 Å². The Balaban J connectivity index is 1.51. The van der Waals surface area contributed by atoms with Gasteiger partial charge in [-0.15, -0.1) is 11.3 Å². The first-order valence-corrected chi connectivity index (χ1v) is 11.0. The Kier molecular flexibility index (Phi) is 4.73. The molecule has 1 aromatic carbocycles. The number of imidazole rings is 1. The van der Waals surface area contributed by atoms with Gasteiger partial charge in [-0.25, -0.2) is 19.3 Å². The summed E-state index contributed by atoms with van der Waals surface area (Å²) in [5.41, 5.74) is 0.494. The fourth-order valence-electron chi connectivity index (χ4n) is 4.28. The van der Waals surface area contributed by atoms with Crippen LogP contribution in [0.2, 0.25) is 0 Å². The highest BCUT2D eigenvalue weighted by Gasteiger charge is 2.31. The topological polar surface area (TPSA) is 95.0 Å². The van der Waals surface area contributed by atoms with Gasteiger partial charge in [-0.1, -0.05) is 12.1 Å². The second kappa shape index (κ2) is 7.45. The lowest BCUT2D eigenvalue weighted by atomic mass is 10.0. The van der Waals surface area contributed by atoms with Crippen LogP contribution in [-0.4, -0.2) is 41.0 Å². The first kappa shape index (κ1) is 19.7. The largest absolute Gasteiger partial charge is 0.332 e. The van der Waals surface area contributed by atoms with Crippen molar-refractivity contribution in [1.82, 2.24) is 28.6 Å². The summed E-state index contributed by atoms with van der Waals surface area (Å²) in [6.45, 7) is 0.288. The number of carbonyl (C=O) groups excluding carboxylic acids is 1. The van der Waals surface area contributed by atoms with Gasteiger partial charge >= 0.3 is 5.69 Å². The number of amides is 1. The van der Waals surface area contributed by atoms with Crippen molar-refractivity contribution >= 4 is 38.6 Å². The maximum atomic E-state index is 13.3. The molecule has 0 radical (unpaired) electrons. The summed E-state index contributed by atoms with van der Waals surface area (Å²) in [6, 6.07) is 7.78. The van der Waals surface area contributed by atoms with Crippen molar-refractivity contribution in [3.05, 3.63) is 56.4 Å². The molecule has 1 aliphatic heterocycles. The van der Waals surface area contributed by atoms with E-state index in [4.69, 9.17) is 4.98 Å². The lowest BCUT2D eigenvalue weighted by Gasteiger charge is -2.34. The van der Waals surface area contributed by atoms with E-state index in [-0.39, 0.29) is 18.5 Å². The lowest BCUT2D eigenvalue weighted by molar-refractivity contribution is -0.135. The van der Waals surface area contributed by atoms with E-state index in [1.165, 1.54) is 10.9 Å². The first-order chi connectivity index (χ1) is 15.0. The van der Waals surface area contributed by atoms with Gasteiger partial charge in [-0.3, -0.25) is 14.2 Å². The lowest BCUT2D eigenvalue weighted by Crippen LogP contribution is -2.46. The van der Waals surface area contributed by atoms with E-state index in [0.29, 0.717) is 17.7 Å². The van der Waals surface area contributed by atoms with E-state index >= 15 is 0 Å². The minimum Gasteiger partial charge on any atom is -0.332 e. The number of rotatable bonds is 3. The summed E-state index contributed by atoms with van der Waals surface area (Å²) in [7, 11) is 3.25. The summed E-state index contributed by atoms with van der Waals surface area (Å²) in [5.74, 6) is -0.246.